The van der Waals surface area contributed by atoms with Crippen LogP contribution in [0.15, 0.2) is 72.9 Å². The molecule has 0 fully saturated rings. The second-order valence-electron chi connectivity index (χ2n) is 8.82. The van der Waals surface area contributed by atoms with Gasteiger partial charge in [0.1, 0.15) is 23.0 Å². The fourth-order valence-corrected chi connectivity index (χ4v) is 3.55. The maximum Gasteiger partial charge on any atom is 0.128 e. The average molecular weight is 419 g/mol. The molecule has 0 saturated carbocycles. The van der Waals surface area contributed by atoms with E-state index in [2.05, 4.69) is 26.3 Å². The summed E-state index contributed by atoms with van der Waals surface area (Å²) in [4.78, 5) is 0. The molecular formula is C28H34O3. The molecule has 0 unspecified atom stereocenters. The van der Waals surface area contributed by atoms with Gasteiger partial charge in [-0.05, 0) is 77.6 Å². The van der Waals surface area contributed by atoms with Crippen LogP contribution in [0.3, 0.4) is 0 Å². The fourth-order valence-electron chi connectivity index (χ4n) is 3.55. The number of rotatable bonds is 10. The van der Waals surface area contributed by atoms with E-state index in [0.717, 1.165) is 44.5 Å². The van der Waals surface area contributed by atoms with Crippen molar-refractivity contribution in [2.75, 3.05) is 0 Å². The lowest BCUT2D eigenvalue weighted by atomic mass is 9.98. The lowest BCUT2D eigenvalue weighted by Gasteiger charge is -2.17. The Morgan fingerprint density at radius 2 is 0.806 bits per heavy atom. The Morgan fingerprint density at radius 1 is 0.581 bits per heavy atom. The Bertz CT molecular complexity index is 883. The van der Waals surface area contributed by atoms with Gasteiger partial charge in [-0.3, -0.25) is 0 Å². The Hall–Kier alpha value is -3.20. The van der Waals surface area contributed by atoms with Crippen LogP contribution in [0.25, 0.3) is 0 Å². The highest BCUT2D eigenvalue weighted by molar-refractivity contribution is 5.53. The van der Waals surface area contributed by atoms with E-state index in [1.54, 1.807) is 0 Å². The van der Waals surface area contributed by atoms with Crippen LogP contribution >= 0.6 is 0 Å². The number of phenols is 2. The van der Waals surface area contributed by atoms with Gasteiger partial charge in [0.2, 0.25) is 0 Å². The molecule has 164 valence electrons. The van der Waals surface area contributed by atoms with Crippen molar-refractivity contribution in [3.8, 4) is 23.0 Å². The zero-order valence-electron chi connectivity index (χ0n) is 19.3. The van der Waals surface area contributed by atoms with E-state index in [1.807, 2.05) is 52.0 Å². The highest BCUT2D eigenvalue weighted by atomic mass is 16.5. The van der Waals surface area contributed by atoms with Crippen LogP contribution < -0.4 is 4.74 Å². The van der Waals surface area contributed by atoms with E-state index >= 15 is 0 Å². The minimum Gasteiger partial charge on any atom is -0.507 e. The van der Waals surface area contributed by atoms with Crippen LogP contribution in [0.1, 0.15) is 49.9 Å². The molecule has 2 aromatic carbocycles. The van der Waals surface area contributed by atoms with Crippen molar-refractivity contribution in [1.29, 1.82) is 0 Å². The van der Waals surface area contributed by atoms with Crippen LogP contribution in [-0.4, -0.2) is 10.2 Å². The predicted octanol–water partition coefficient (Wildman–Crippen LogP) is 7.36. The van der Waals surface area contributed by atoms with Crippen molar-refractivity contribution >= 4 is 0 Å². The summed E-state index contributed by atoms with van der Waals surface area (Å²) in [6.45, 7) is 23.6. The van der Waals surface area contributed by atoms with E-state index in [4.69, 9.17) is 4.74 Å². The first-order valence-corrected chi connectivity index (χ1v) is 10.4. The molecule has 2 aromatic rings. The minimum atomic E-state index is 0.259. The van der Waals surface area contributed by atoms with Gasteiger partial charge in [-0.1, -0.05) is 48.6 Å². The summed E-state index contributed by atoms with van der Waals surface area (Å²) in [5.74, 6) is 1.77. The third-order valence-corrected chi connectivity index (χ3v) is 4.69. The zero-order valence-corrected chi connectivity index (χ0v) is 19.3. The average Bonchev–Trinajstić information content (AvgIpc) is 2.61. The normalized spacial score (nSPS) is 10.6. The summed E-state index contributed by atoms with van der Waals surface area (Å²) < 4.78 is 6.24. The Labute approximate surface area is 186 Å². The molecule has 0 spiro atoms. The molecule has 0 aliphatic heterocycles. The quantitative estimate of drug-likeness (QED) is 0.396. The maximum atomic E-state index is 10.7. The third-order valence-electron chi connectivity index (χ3n) is 4.69. The maximum absolute atomic E-state index is 10.7. The summed E-state index contributed by atoms with van der Waals surface area (Å²) in [5, 5.41) is 21.4. The van der Waals surface area contributed by atoms with Crippen molar-refractivity contribution in [3.05, 3.63) is 95.1 Å². The number of ether oxygens (including phenoxy) is 1. The first kappa shape index (κ1) is 24.1. The van der Waals surface area contributed by atoms with Gasteiger partial charge in [0, 0.05) is 22.3 Å². The molecule has 0 bridgehead atoms. The van der Waals surface area contributed by atoms with Crippen LogP contribution in [0.2, 0.25) is 0 Å². The third kappa shape index (κ3) is 6.92. The molecule has 0 heterocycles. The van der Waals surface area contributed by atoms with Gasteiger partial charge in [-0.2, -0.15) is 0 Å². The molecule has 3 nitrogen and oxygen atoms in total. The second-order valence-corrected chi connectivity index (χ2v) is 8.82. The number of hydrogen-bond acceptors (Lipinski definition) is 3. The van der Waals surface area contributed by atoms with Crippen molar-refractivity contribution in [2.45, 2.75) is 53.4 Å². The van der Waals surface area contributed by atoms with E-state index in [0.29, 0.717) is 37.2 Å². The molecule has 2 N–H and O–H groups in total. The Kier molecular flexibility index (Phi) is 7.93. The molecule has 3 heteroatoms. The van der Waals surface area contributed by atoms with Crippen LogP contribution in [-0.2, 0) is 25.7 Å². The Balaban J connectivity index is 2.54. The molecule has 0 saturated heterocycles. The smallest absolute Gasteiger partial charge is 0.128 e. The number of allylic oxidation sites excluding steroid dienone is 4. The molecule has 0 aliphatic rings. The van der Waals surface area contributed by atoms with Crippen molar-refractivity contribution in [3.63, 3.8) is 0 Å². The summed E-state index contributed by atoms with van der Waals surface area (Å²) in [6, 6.07) is 7.37. The topological polar surface area (TPSA) is 49.7 Å². The molecular weight excluding hydrogens is 384 g/mol. The molecule has 0 atom stereocenters. The lowest BCUT2D eigenvalue weighted by Crippen LogP contribution is -1.98. The summed E-state index contributed by atoms with van der Waals surface area (Å²) in [7, 11) is 0. The molecule has 31 heavy (non-hydrogen) atoms. The molecule has 2 rings (SSSR count). The van der Waals surface area contributed by atoms with E-state index < -0.39 is 0 Å². The van der Waals surface area contributed by atoms with Gasteiger partial charge in [0.05, 0.1) is 0 Å². The van der Waals surface area contributed by atoms with Gasteiger partial charge in [0.15, 0.2) is 0 Å². The zero-order chi connectivity index (χ0) is 23.3. The second kappa shape index (κ2) is 10.2. The summed E-state index contributed by atoms with van der Waals surface area (Å²) >= 11 is 0. The van der Waals surface area contributed by atoms with Crippen LogP contribution in [0.5, 0.6) is 23.0 Å². The molecule has 0 radical (unpaired) electrons. The number of benzene rings is 2. The SMILES string of the molecule is C=C(C)Cc1cc(Oc2cc(CC(=C)C)c(O)c(CC(=C)C)c2)cc(CC(=C)C)c1O. The van der Waals surface area contributed by atoms with Crippen molar-refractivity contribution in [1.82, 2.24) is 0 Å². The van der Waals surface area contributed by atoms with Crippen LogP contribution in [0, 0.1) is 0 Å². The monoisotopic (exact) mass is 418 g/mol. The van der Waals surface area contributed by atoms with Gasteiger partial charge >= 0.3 is 0 Å². The summed E-state index contributed by atoms with van der Waals surface area (Å²) in [5.41, 5.74) is 6.87. The number of aromatic hydroxyl groups is 2. The standard InChI is InChI=1S/C28H34O3/c1-17(2)9-21-13-25(14-22(27(21)29)10-18(3)4)31-26-15-23(11-19(5)6)28(30)24(16-26)12-20(7)8/h13-16,29-30H,1,3,5,7,9-12H2,2,4,6,8H3. The Morgan fingerprint density at radius 3 is 1.00 bits per heavy atom. The van der Waals surface area contributed by atoms with Gasteiger partial charge in [0.25, 0.3) is 0 Å². The van der Waals surface area contributed by atoms with Crippen LogP contribution in [0.4, 0.5) is 0 Å². The predicted molar refractivity (Wildman–Crippen MR) is 130 cm³/mol. The largest absolute Gasteiger partial charge is 0.507 e. The van der Waals surface area contributed by atoms with E-state index in [1.165, 1.54) is 0 Å². The molecule has 0 aromatic heterocycles. The number of hydrogen-bond donors (Lipinski definition) is 2. The first-order valence-electron chi connectivity index (χ1n) is 10.4. The number of phenolic OH excluding ortho intramolecular Hbond substituents is 2. The molecule has 0 aliphatic carbocycles. The van der Waals surface area contributed by atoms with E-state index in [9.17, 15) is 10.2 Å². The molecule has 0 amide bonds. The minimum absolute atomic E-state index is 0.259. The van der Waals surface area contributed by atoms with Crippen molar-refractivity contribution in [2.24, 2.45) is 0 Å². The van der Waals surface area contributed by atoms with Gasteiger partial charge < -0.3 is 14.9 Å². The van der Waals surface area contributed by atoms with E-state index in [-0.39, 0.29) is 11.5 Å². The highest BCUT2D eigenvalue weighted by Gasteiger charge is 2.15. The lowest BCUT2D eigenvalue weighted by molar-refractivity contribution is 0.447. The first-order chi connectivity index (χ1) is 14.5. The van der Waals surface area contributed by atoms with Gasteiger partial charge in [-0.15, -0.1) is 0 Å². The van der Waals surface area contributed by atoms with Crippen molar-refractivity contribution < 1.29 is 14.9 Å². The summed E-state index contributed by atoms with van der Waals surface area (Å²) in [6.07, 6.45) is 2.24. The fraction of sp³-hybridized carbons (Fsp3) is 0.286. The van der Waals surface area contributed by atoms with Gasteiger partial charge in [-0.25, -0.2) is 0 Å². The highest BCUT2D eigenvalue weighted by Crippen LogP contribution is 2.37.